The van der Waals surface area contributed by atoms with E-state index in [1.165, 1.54) is 42.8 Å². The molecule has 252 valence electrons. The number of carbonyl (C=O) groups excluding carboxylic acids is 1. The van der Waals surface area contributed by atoms with Crippen LogP contribution in [0.1, 0.15) is 85.6 Å². The summed E-state index contributed by atoms with van der Waals surface area (Å²) in [5, 5.41) is 0. The van der Waals surface area contributed by atoms with E-state index in [-0.39, 0.29) is 22.3 Å². The van der Waals surface area contributed by atoms with Crippen molar-refractivity contribution in [2.24, 2.45) is 0 Å². The van der Waals surface area contributed by atoms with Crippen molar-refractivity contribution in [3.05, 3.63) is 94.2 Å². The van der Waals surface area contributed by atoms with Gasteiger partial charge in [-0.1, -0.05) is 42.5 Å². The molecule has 1 N–H and O–H groups in total. The minimum absolute atomic E-state index is 0.00255. The molecule has 2 bridgehead atoms. The van der Waals surface area contributed by atoms with Gasteiger partial charge in [0.05, 0.1) is 15.9 Å². The predicted molar refractivity (Wildman–Crippen MR) is 192 cm³/mol. The number of piperidine rings is 2. The molecule has 0 spiro atoms. The summed E-state index contributed by atoms with van der Waals surface area (Å²) < 4.78 is 31.8. The fourth-order valence-electron chi connectivity index (χ4n) is 8.91. The molecule has 3 atom stereocenters. The smallest absolute Gasteiger partial charge is 0.253 e. The molecule has 3 aliphatic heterocycles. The standard InChI is InChI=1S/C38H44BrN5O3S/c1-26-40-34-9-5-6-10-35(34)44(26)32-24-30-14-15-31(25-32)43(30)22-19-38(28-7-3-2-4-8-28)17-20-42(21-18-38)37(45)27-11-16-33(39)36(23-27)48(46,47)41-29-12-13-29/h2-11,16,23,29-32,41H,12-15,17-22,24-25H2,1H3/t30-,31+,32+. The van der Waals surface area contributed by atoms with Crippen molar-refractivity contribution in [3.8, 4) is 0 Å². The molecule has 4 aliphatic rings. The maximum absolute atomic E-state index is 13.8. The SMILES string of the molecule is Cc1nc2ccccc2n1[C@H]1C[C@H]2CC[C@@H](C1)N2CCC1(c2ccccc2)CCN(C(=O)c2ccc(Br)c(S(=O)(=O)NC3CC3)c2)CC1. The van der Waals surface area contributed by atoms with Gasteiger partial charge in [-0.25, -0.2) is 18.1 Å². The van der Waals surface area contributed by atoms with Crippen LogP contribution in [0.15, 0.2) is 82.2 Å². The van der Waals surface area contributed by atoms with Gasteiger partial charge in [-0.05, 0) is 128 Å². The number of para-hydroxylation sites is 2. The highest BCUT2D eigenvalue weighted by atomic mass is 79.9. The molecule has 1 aromatic heterocycles. The van der Waals surface area contributed by atoms with E-state index in [9.17, 15) is 13.2 Å². The number of aromatic nitrogens is 2. The molecule has 1 amide bonds. The van der Waals surface area contributed by atoms with Crippen molar-refractivity contribution in [1.29, 1.82) is 0 Å². The van der Waals surface area contributed by atoms with Crippen molar-refractivity contribution >= 4 is 42.9 Å². The molecule has 0 unspecified atom stereocenters. The number of aryl methyl sites for hydroxylation is 1. The molecule has 1 aliphatic carbocycles. The summed E-state index contributed by atoms with van der Waals surface area (Å²) >= 11 is 3.40. The first-order valence-electron chi connectivity index (χ1n) is 17.6. The molecule has 4 aromatic rings. The fraction of sp³-hybridized carbons (Fsp3) is 0.474. The molecule has 3 saturated heterocycles. The van der Waals surface area contributed by atoms with Crippen molar-refractivity contribution in [1.82, 2.24) is 24.1 Å². The maximum Gasteiger partial charge on any atom is 0.253 e. The average molecular weight is 731 g/mol. The summed E-state index contributed by atoms with van der Waals surface area (Å²) in [5.74, 6) is 1.02. The first-order valence-corrected chi connectivity index (χ1v) is 19.8. The van der Waals surface area contributed by atoms with E-state index < -0.39 is 10.0 Å². The zero-order valence-electron chi connectivity index (χ0n) is 27.5. The summed E-state index contributed by atoms with van der Waals surface area (Å²) in [6.45, 7) is 4.51. The summed E-state index contributed by atoms with van der Waals surface area (Å²) in [6.07, 6.45) is 9.40. The van der Waals surface area contributed by atoms with Crippen molar-refractivity contribution < 1.29 is 13.2 Å². The first kappa shape index (κ1) is 32.2. The van der Waals surface area contributed by atoms with Gasteiger partial charge in [0.15, 0.2) is 0 Å². The molecule has 8 rings (SSSR count). The van der Waals surface area contributed by atoms with Crippen LogP contribution in [0.2, 0.25) is 0 Å². The van der Waals surface area contributed by atoms with Crippen molar-refractivity contribution in [2.45, 2.75) is 99.2 Å². The van der Waals surface area contributed by atoms with E-state index in [2.05, 4.69) is 91.6 Å². The number of carbonyl (C=O) groups is 1. The lowest BCUT2D eigenvalue weighted by molar-refractivity contribution is 0.0606. The Bertz CT molecular complexity index is 1920. The van der Waals surface area contributed by atoms with E-state index in [0.29, 0.717) is 41.3 Å². The number of nitrogens with zero attached hydrogens (tertiary/aromatic N) is 4. The Balaban J connectivity index is 0.967. The minimum atomic E-state index is -3.70. The van der Waals surface area contributed by atoms with E-state index in [1.54, 1.807) is 12.1 Å². The van der Waals surface area contributed by atoms with E-state index in [1.807, 2.05) is 4.90 Å². The second-order valence-electron chi connectivity index (χ2n) is 14.5. The van der Waals surface area contributed by atoms with Gasteiger partial charge in [0.1, 0.15) is 5.82 Å². The van der Waals surface area contributed by atoms with Crippen LogP contribution in [0.25, 0.3) is 11.0 Å². The number of hydrogen-bond acceptors (Lipinski definition) is 5. The average Bonchev–Trinajstić information content (AvgIpc) is 3.78. The highest BCUT2D eigenvalue weighted by Crippen LogP contribution is 2.45. The first-order chi connectivity index (χ1) is 23.2. The number of rotatable bonds is 9. The lowest BCUT2D eigenvalue weighted by Crippen LogP contribution is -2.49. The molecule has 8 nitrogen and oxygen atoms in total. The van der Waals surface area contributed by atoms with E-state index in [0.717, 1.165) is 50.0 Å². The van der Waals surface area contributed by atoms with Crippen molar-refractivity contribution in [3.63, 3.8) is 0 Å². The van der Waals surface area contributed by atoms with Crippen LogP contribution in [-0.4, -0.2) is 71.4 Å². The quantitative estimate of drug-likeness (QED) is 0.201. The number of halogens is 1. The highest BCUT2D eigenvalue weighted by molar-refractivity contribution is 9.10. The Morgan fingerprint density at radius 1 is 0.917 bits per heavy atom. The minimum Gasteiger partial charge on any atom is -0.339 e. The monoisotopic (exact) mass is 729 g/mol. The summed E-state index contributed by atoms with van der Waals surface area (Å²) in [5.41, 5.74) is 4.13. The van der Waals surface area contributed by atoms with Gasteiger partial charge in [-0.15, -0.1) is 0 Å². The lowest BCUT2D eigenvalue weighted by atomic mass is 9.70. The van der Waals surface area contributed by atoms with Crippen LogP contribution in [0.4, 0.5) is 0 Å². The van der Waals surface area contributed by atoms with Gasteiger partial charge in [0.2, 0.25) is 10.0 Å². The summed E-state index contributed by atoms with van der Waals surface area (Å²) in [6, 6.07) is 26.0. The number of imidazole rings is 1. The number of hydrogen-bond donors (Lipinski definition) is 1. The molecule has 1 saturated carbocycles. The van der Waals surface area contributed by atoms with Crippen LogP contribution < -0.4 is 4.72 Å². The molecule has 48 heavy (non-hydrogen) atoms. The van der Waals surface area contributed by atoms with Gasteiger partial charge in [-0.2, -0.15) is 0 Å². The Labute approximate surface area is 292 Å². The molecule has 0 radical (unpaired) electrons. The zero-order valence-corrected chi connectivity index (χ0v) is 29.9. The third-order valence-electron chi connectivity index (χ3n) is 11.6. The van der Waals surface area contributed by atoms with Gasteiger partial charge in [-0.3, -0.25) is 9.69 Å². The van der Waals surface area contributed by atoms with Gasteiger partial charge >= 0.3 is 0 Å². The molecule has 10 heteroatoms. The third kappa shape index (κ3) is 6.03. The Morgan fingerprint density at radius 3 is 2.31 bits per heavy atom. The number of fused-ring (bicyclic) bond motifs is 3. The zero-order chi connectivity index (χ0) is 33.0. The van der Waals surface area contributed by atoms with Crippen LogP contribution in [-0.2, 0) is 15.4 Å². The van der Waals surface area contributed by atoms with E-state index >= 15 is 0 Å². The molecular formula is C38H44BrN5O3S. The Kier molecular flexibility index (Phi) is 8.50. The molecule has 4 heterocycles. The predicted octanol–water partition coefficient (Wildman–Crippen LogP) is 6.98. The number of amides is 1. The topological polar surface area (TPSA) is 87.5 Å². The lowest BCUT2D eigenvalue weighted by Gasteiger charge is -2.45. The molecular weight excluding hydrogens is 686 g/mol. The number of benzene rings is 3. The van der Waals surface area contributed by atoms with E-state index in [4.69, 9.17) is 4.98 Å². The third-order valence-corrected chi connectivity index (χ3v) is 14.1. The Morgan fingerprint density at radius 2 is 1.60 bits per heavy atom. The van der Waals surface area contributed by atoms with Gasteiger partial charge < -0.3 is 9.47 Å². The molecule has 3 aromatic carbocycles. The van der Waals surface area contributed by atoms with Gasteiger partial charge in [0, 0.05) is 47.3 Å². The largest absolute Gasteiger partial charge is 0.339 e. The number of sulfonamides is 1. The number of nitrogens with one attached hydrogen (secondary N) is 1. The summed E-state index contributed by atoms with van der Waals surface area (Å²) in [7, 11) is -3.70. The Hall–Kier alpha value is -3.05. The maximum atomic E-state index is 13.8. The molecule has 4 fully saturated rings. The fourth-order valence-corrected chi connectivity index (χ4v) is 11.2. The normalized spacial score (nSPS) is 24.3. The van der Waals surface area contributed by atoms with Crippen LogP contribution in [0.3, 0.4) is 0 Å². The second kappa shape index (κ2) is 12.7. The van der Waals surface area contributed by atoms with Crippen molar-refractivity contribution in [2.75, 3.05) is 19.6 Å². The van der Waals surface area contributed by atoms with Gasteiger partial charge in [0.25, 0.3) is 5.91 Å². The van der Waals surface area contributed by atoms with Crippen LogP contribution in [0.5, 0.6) is 0 Å². The number of likely N-dealkylation sites (tertiary alicyclic amines) is 1. The highest BCUT2D eigenvalue weighted by Gasteiger charge is 2.44. The van der Waals surface area contributed by atoms with Crippen LogP contribution >= 0.6 is 15.9 Å². The van der Waals surface area contributed by atoms with Crippen LogP contribution in [0, 0.1) is 6.92 Å². The summed E-state index contributed by atoms with van der Waals surface area (Å²) in [4.78, 5) is 23.5. The second-order valence-corrected chi connectivity index (χ2v) is 17.0.